The number of ether oxygens (including phenoxy) is 1. The first kappa shape index (κ1) is 9.57. The van der Waals surface area contributed by atoms with E-state index < -0.39 is 6.09 Å². The van der Waals surface area contributed by atoms with E-state index in [0.717, 1.165) is 0 Å². The molecular formula is C8H11NO4. The summed E-state index contributed by atoms with van der Waals surface area (Å²) in [6.45, 7) is 0.400. The third-order valence-corrected chi connectivity index (χ3v) is 1.86. The minimum atomic E-state index is -1.01. The van der Waals surface area contributed by atoms with E-state index in [0.29, 0.717) is 5.57 Å². The van der Waals surface area contributed by atoms with Gasteiger partial charge in [0.25, 0.3) is 0 Å². The van der Waals surface area contributed by atoms with Crippen molar-refractivity contribution in [3.8, 4) is 0 Å². The molecule has 0 aliphatic carbocycles. The van der Waals surface area contributed by atoms with Gasteiger partial charge in [0, 0.05) is 18.5 Å². The van der Waals surface area contributed by atoms with Crippen LogP contribution in [0.3, 0.4) is 0 Å². The fourth-order valence-corrected chi connectivity index (χ4v) is 1.18. The predicted octanol–water partition coefficient (Wildman–Crippen LogP) is 0.469. The van der Waals surface area contributed by atoms with Crippen LogP contribution in [0.1, 0.15) is 6.42 Å². The number of piperidine rings is 1. The Hall–Kier alpha value is -1.52. The van der Waals surface area contributed by atoms with Crippen LogP contribution < -0.4 is 0 Å². The average Bonchev–Trinajstić information content (AvgIpc) is 2.08. The molecule has 1 fully saturated rings. The second-order valence-electron chi connectivity index (χ2n) is 2.76. The van der Waals surface area contributed by atoms with Crippen LogP contribution in [0.25, 0.3) is 0 Å². The van der Waals surface area contributed by atoms with Crippen LogP contribution in [0.15, 0.2) is 11.8 Å². The Labute approximate surface area is 75.6 Å². The van der Waals surface area contributed by atoms with Gasteiger partial charge in [-0.25, -0.2) is 4.79 Å². The van der Waals surface area contributed by atoms with Crippen LogP contribution in [-0.2, 0) is 9.53 Å². The summed E-state index contributed by atoms with van der Waals surface area (Å²) in [6.07, 6.45) is 0.536. The fraction of sp³-hybridized carbons (Fsp3) is 0.500. The van der Waals surface area contributed by atoms with Crippen molar-refractivity contribution in [2.45, 2.75) is 6.42 Å². The minimum Gasteiger partial charge on any atom is -0.504 e. The smallest absolute Gasteiger partial charge is 0.407 e. The molecule has 1 aliphatic heterocycles. The van der Waals surface area contributed by atoms with Crippen molar-refractivity contribution in [2.75, 3.05) is 20.2 Å². The first-order valence-corrected chi connectivity index (χ1v) is 3.88. The molecule has 13 heavy (non-hydrogen) atoms. The average molecular weight is 185 g/mol. The van der Waals surface area contributed by atoms with Crippen LogP contribution in [-0.4, -0.2) is 42.1 Å². The molecule has 5 nitrogen and oxygen atoms in total. The number of carbonyl (C=O) groups is 2. The molecule has 0 bridgehead atoms. The number of rotatable bonds is 1. The molecule has 1 heterocycles. The number of likely N-dealkylation sites (tertiary alicyclic amines) is 1. The first-order valence-electron chi connectivity index (χ1n) is 3.88. The highest BCUT2D eigenvalue weighted by atomic mass is 16.5. The summed E-state index contributed by atoms with van der Waals surface area (Å²) in [6, 6.07) is 0. The quantitative estimate of drug-likeness (QED) is 0.476. The largest absolute Gasteiger partial charge is 0.504 e. The second-order valence-corrected chi connectivity index (χ2v) is 2.76. The van der Waals surface area contributed by atoms with Crippen molar-refractivity contribution in [3.63, 3.8) is 0 Å². The third kappa shape index (κ3) is 2.21. The lowest BCUT2D eigenvalue weighted by atomic mass is 10.1. The zero-order valence-electron chi connectivity index (χ0n) is 7.32. The second kappa shape index (κ2) is 3.93. The van der Waals surface area contributed by atoms with Crippen LogP contribution >= 0.6 is 0 Å². The van der Waals surface area contributed by atoms with Crippen LogP contribution in [0.4, 0.5) is 4.79 Å². The van der Waals surface area contributed by atoms with Crippen molar-refractivity contribution in [3.05, 3.63) is 11.8 Å². The minimum absolute atomic E-state index is 0.0423. The van der Waals surface area contributed by atoms with Gasteiger partial charge in [0.1, 0.15) is 0 Å². The standard InChI is InChI=1S/C8H11NO4/c1-13-5-6-4-9(8(11)12)3-2-7(6)10/h5H,2-4H2,1H3,(H,11,12). The predicted molar refractivity (Wildman–Crippen MR) is 44.3 cm³/mol. The van der Waals surface area contributed by atoms with Gasteiger partial charge in [-0.3, -0.25) is 4.79 Å². The van der Waals surface area contributed by atoms with E-state index in [2.05, 4.69) is 4.74 Å². The summed E-state index contributed by atoms with van der Waals surface area (Å²) in [5.41, 5.74) is 0.413. The van der Waals surface area contributed by atoms with Crippen molar-refractivity contribution >= 4 is 11.9 Å². The van der Waals surface area contributed by atoms with Gasteiger partial charge in [-0.1, -0.05) is 0 Å². The van der Waals surface area contributed by atoms with Crippen LogP contribution in [0.2, 0.25) is 0 Å². The van der Waals surface area contributed by atoms with Crippen molar-refractivity contribution < 1.29 is 19.4 Å². The molecule has 0 saturated carbocycles. The summed E-state index contributed by atoms with van der Waals surface area (Å²) in [4.78, 5) is 22.9. The molecule has 0 unspecified atom stereocenters. The summed E-state index contributed by atoms with van der Waals surface area (Å²) < 4.78 is 4.68. The van der Waals surface area contributed by atoms with Gasteiger partial charge in [0.15, 0.2) is 5.78 Å². The molecule has 0 aromatic rings. The molecule has 1 amide bonds. The Morgan fingerprint density at radius 1 is 1.69 bits per heavy atom. The van der Waals surface area contributed by atoms with Crippen molar-refractivity contribution in [1.29, 1.82) is 0 Å². The first-order chi connectivity index (χ1) is 6.15. The zero-order valence-corrected chi connectivity index (χ0v) is 7.32. The van der Waals surface area contributed by atoms with Gasteiger partial charge >= 0.3 is 6.09 Å². The van der Waals surface area contributed by atoms with Crippen LogP contribution in [0, 0.1) is 0 Å². The van der Waals surface area contributed by atoms with Gasteiger partial charge in [0.2, 0.25) is 0 Å². The molecule has 5 heteroatoms. The van der Waals surface area contributed by atoms with Gasteiger partial charge in [0.05, 0.1) is 19.9 Å². The van der Waals surface area contributed by atoms with E-state index in [-0.39, 0.29) is 25.3 Å². The van der Waals surface area contributed by atoms with E-state index in [1.807, 2.05) is 0 Å². The number of methoxy groups -OCH3 is 1. The van der Waals surface area contributed by atoms with Crippen LogP contribution in [0.5, 0.6) is 0 Å². The highest BCUT2D eigenvalue weighted by Gasteiger charge is 2.24. The van der Waals surface area contributed by atoms with E-state index >= 15 is 0 Å². The lowest BCUT2D eigenvalue weighted by molar-refractivity contribution is -0.117. The number of carboxylic acid groups (broad SMARTS) is 1. The van der Waals surface area contributed by atoms with Crippen molar-refractivity contribution in [1.82, 2.24) is 4.90 Å². The van der Waals surface area contributed by atoms with E-state index in [4.69, 9.17) is 5.11 Å². The molecule has 1 saturated heterocycles. The topological polar surface area (TPSA) is 66.8 Å². The van der Waals surface area contributed by atoms with E-state index in [1.165, 1.54) is 18.3 Å². The third-order valence-electron chi connectivity index (χ3n) is 1.86. The maximum absolute atomic E-state index is 11.2. The number of amides is 1. The van der Waals surface area contributed by atoms with Gasteiger partial charge in [-0.2, -0.15) is 0 Å². The molecule has 72 valence electrons. The fourth-order valence-electron chi connectivity index (χ4n) is 1.18. The Balaban J connectivity index is 2.69. The number of carbonyl (C=O) groups excluding carboxylic acids is 1. The van der Waals surface area contributed by atoms with Gasteiger partial charge in [-0.05, 0) is 0 Å². The summed E-state index contributed by atoms with van der Waals surface area (Å²) >= 11 is 0. The maximum atomic E-state index is 11.2. The summed E-state index contributed by atoms with van der Waals surface area (Å²) in [5, 5.41) is 8.66. The monoisotopic (exact) mass is 185 g/mol. The highest BCUT2D eigenvalue weighted by Crippen LogP contribution is 2.11. The molecular weight excluding hydrogens is 174 g/mol. The number of hydrogen-bond acceptors (Lipinski definition) is 3. The number of hydrogen-bond donors (Lipinski definition) is 1. The highest BCUT2D eigenvalue weighted by molar-refractivity contribution is 5.97. The molecule has 1 aliphatic rings. The molecule has 1 N–H and O–H groups in total. The van der Waals surface area contributed by atoms with E-state index in [1.54, 1.807) is 0 Å². The number of ketones is 1. The molecule has 0 atom stereocenters. The zero-order chi connectivity index (χ0) is 9.84. The Bertz CT molecular complexity index is 259. The lowest BCUT2D eigenvalue weighted by Crippen LogP contribution is -2.39. The molecule has 0 radical (unpaired) electrons. The number of Topliss-reactive ketones (excluding diaryl/α,β-unsaturated/α-hetero) is 1. The van der Waals surface area contributed by atoms with Crippen molar-refractivity contribution in [2.24, 2.45) is 0 Å². The SMILES string of the molecule is COC=C1CN(C(=O)O)CCC1=O. The molecule has 1 rings (SSSR count). The lowest BCUT2D eigenvalue weighted by Gasteiger charge is -2.24. The van der Waals surface area contributed by atoms with Gasteiger partial charge < -0.3 is 14.7 Å². The molecule has 0 aromatic carbocycles. The molecule has 0 spiro atoms. The number of nitrogens with zero attached hydrogens (tertiary/aromatic N) is 1. The summed E-state index contributed by atoms with van der Waals surface area (Å²) in [7, 11) is 1.43. The Morgan fingerprint density at radius 3 is 2.92 bits per heavy atom. The Morgan fingerprint density at radius 2 is 2.38 bits per heavy atom. The van der Waals surface area contributed by atoms with Gasteiger partial charge in [-0.15, -0.1) is 0 Å². The Kier molecular flexibility index (Phi) is 2.89. The van der Waals surface area contributed by atoms with E-state index in [9.17, 15) is 9.59 Å². The maximum Gasteiger partial charge on any atom is 0.407 e. The molecule has 0 aromatic heterocycles. The normalized spacial score (nSPS) is 20.5. The summed E-state index contributed by atoms with van der Waals surface area (Å²) in [5.74, 6) is -0.0423.